The number of hydrogen-bond donors (Lipinski definition) is 0. The molecule has 1 rings (SSSR count). The molecule has 0 spiro atoms. The minimum absolute atomic E-state index is 0.311. The van der Waals surface area contributed by atoms with E-state index in [9.17, 15) is 4.79 Å². The number of halogens is 1. The van der Waals surface area contributed by atoms with Gasteiger partial charge in [0.05, 0.1) is 12.7 Å². The van der Waals surface area contributed by atoms with Crippen LogP contribution in [-0.2, 0) is 4.74 Å². The van der Waals surface area contributed by atoms with Crippen LogP contribution in [0.1, 0.15) is 15.9 Å². The van der Waals surface area contributed by atoms with Crippen LogP contribution < -0.4 is 0 Å². The lowest BCUT2D eigenvalue weighted by atomic mass is 10.1. The van der Waals surface area contributed by atoms with Gasteiger partial charge >= 0.3 is 5.97 Å². The molecule has 0 bridgehead atoms. The Morgan fingerprint density at radius 3 is 2.46 bits per heavy atom. The highest BCUT2D eigenvalue weighted by Gasteiger charge is 2.02. The standard InChI is InChI=1S/C10H9BrO2/c1-13-10(12)9-4-2-8(3-5-9)6-7-11/h2-7H,1H3. The molecule has 68 valence electrons. The average molecular weight is 241 g/mol. The van der Waals surface area contributed by atoms with Gasteiger partial charge < -0.3 is 4.74 Å². The summed E-state index contributed by atoms with van der Waals surface area (Å²) in [4.78, 5) is 12.8. The first-order valence-corrected chi connectivity index (χ1v) is 4.64. The number of hydrogen-bond acceptors (Lipinski definition) is 2. The summed E-state index contributed by atoms with van der Waals surface area (Å²) < 4.78 is 4.57. The number of ether oxygens (including phenoxy) is 1. The molecule has 0 aliphatic carbocycles. The minimum Gasteiger partial charge on any atom is -0.465 e. The lowest BCUT2D eigenvalue weighted by molar-refractivity contribution is 0.0601. The minimum atomic E-state index is -0.311. The van der Waals surface area contributed by atoms with E-state index < -0.39 is 0 Å². The molecule has 2 nitrogen and oxygen atoms in total. The first-order valence-electron chi connectivity index (χ1n) is 3.73. The summed E-state index contributed by atoms with van der Waals surface area (Å²) in [6.07, 6.45) is 1.89. The molecule has 0 saturated carbocycles. The third-order valence-corrected chi connectivity index (χ3v) is 1.85. The van der Waals surface area contributed by atoms with E-state index in [1.165, 1.54) is 7.11 Å². The maximum absolute atomic E-state index is 11.0. The molecule has 0 unspecified atom stereocenters. The molecule has 0 radical (unpaired) electrons. The maximum atomic E-state index is 11.0. The van der Waals surface area contributed by atoms with Gasteiger partial charge in [0.1, 0.15) is 0 Å². The number of rotatable bonds is 2. The zero-order valence-corrected chi connectivity index (χ0v) is 8.74. The highest BCUT2D eigenvalue weighted by Crippen LogP contribution is 2.07. The smallest absolute Gasteiger partial charge is 0.337 e. The molecule has 0 atom stereocenters. The number of carbonyl (C=O) groups is 1. The van der Waals surface area contributed by atoms with E-state index in [-0.39, 0.29) is 5.97 Å². The fourth-order valence-corrected chi connectivity index (χ4v) is 1.23. The van der Waals surface area contributed by atoms with Gasteiger partial charge in [0.2, 0.25) is 0 Å². The Morgan fingerprint density at radius 2 is 2.00 bits per heavy atom. The second kappa shape index (κ2) is 4.82. The van der Waals surface area contributed by atoms with Gasteiger partial charge in [0, 0.05) is 0 Å². The molecular weight excluding hydrogens is 232 g/mol. The van der Waals surface area contributed by atoms with Crippen molar-refractivity contribution < 1.29 is 9.53 Å². The molecule has 0 heterocycles. The Balaban J connectivity index is 2.87. The van der Waals surface area contributed by atoms with Gasteiger partial charge in [0.25, 0.3) is 0 Å². The fraction of sp³-hybridized carbons (Fsp3) is 0.100. The number of benzene rings is 1. The Morgan fingerprint density at radius 1 is 1.38 bits per heavy atom. The number of esters is 1. The maximum Gasteiger partial charge on any atom is 0.337 e. The summed E-state index contributed by atoms with van der Waals surface area (Å²) in [6.45, 7) is 0. The van der Waals surface area contributed by atoms with Crippen molar-refractivity contribution in [2.75, 3.05) is 7.11 Å². The first kappa shape index (κ1) is 9.99. The Bertz CT molecular complexity index is 314. The molecule has 0 fully saturated rings. The third-order valence-electron chi connectivity index (χ3n) is 1.59. The Labute approximate surface area is 85.3 Å². The van der Waals surface area contributed by atoms with Gasteiger partial charge in [-0.1, -0.05) is 28.1 Å². The quantitative estimate of drug-likeness (QED) is 0.744. The molecule has 1 aromatic rings. The summed E-state index contributed by atoms with van der Waals surface area (Å²) in [5.74, 6) is -0.311. The monoisotopic (exact) mass is 240 g/mol. The normalized spacial score (nSPS) is 10.3. The molecule has 0 aliphatic rings. The molecule has 13 heavy (non-hydrogen) atoms. The topological polar surface area (TPSA) is 26.3 Å². The van der Waals surface area contributed by atoms with Crippen molar-refractivity contribution in [3.05, 3.63) is 40.4 Å². The zero-order valence-electron chi connectivity index (χ0n) is 7.16. The van der Waals surface area contributed by atoms with Crippen LogP contribution in [0.3, 0.4) is 0 Å². The van der Waals surface area contributed by atoms with Gasteiger partial charge in [-0.25, -0.2) is 4.79 Å². The number of methoxy groups -OCH3 is 1. The Hall–Kier alpha value is -1.09. The second-order valence-corrected chi connectivity index (χ2v) is 2.93. The van der Waals surface area contributed by atoms with Crippen LogP contribution in [0.15, 0.2) is 29.3 Å². The van der Waals surface area contributed by atoms with Crippen LogP contribution in [0.25, 0.3) is 6.08 Å². The van der Waals surface area contributed by atoms with Gasteiger partial charge in [0.15, 0.2) is 0 Å². The first-order chi connectivity index (χ1) is 6.27. The van der Waals surface area contributed by atoms with Gasteiger partial charge in [-0.15, -0.1) is 0 Å². The van der Waals surface area contributed by atoms with Gasteiger partial charge in [-0.3, -0.25) is 0 Å². The van der Waals surface area contributed by atoms with E-state index in [1.54, 1.807) is 17.1 Å². The third kappa shape index (κ3) is 2.70. The number of carbonyl (C=O) groups excluding carboxylic acids is 1. The van der Waals surface area contributed by atoms with Crippen molar-refractivity contribution >= 4 is 28.0 Å². The molecular formula is C10H9BrO2. The van der Waals surface area contributed by atoms with Crippen molar-refractivity contribution in [2.24, 2.45) is 0 Å². The lowest BCUT2D eigenvalue weighted by Gasteiger charge is -1.98. The van der Waals surface area contributed by atoms with Crippen LogP contribution in [0.4, 0.5) is 0 Å². The highest BCUT2D eigenvalue weighted by atomic mass is 79.9. The summed E-state index contributed by atoms with van der Waals surface area (Å²) in [7, 11) is 1.37. The molecule has 0 saturated heterocycles. The summed E-state index contributed by atoms with van der Waals surface area (Å²) in [5, 5.41) is 0. The largest absolute Gasteiger partial charge is 0.465 e. The van der Waals surface area contributed by atoms with E-state index in [0.717, 1.165) is 5.56 Å². The van der Waals surface area contributed by atoms with Crippen LogP contribution in [0.2, 0.25) is 0 Å². The Kier molecular flexibility index (Phi) is 3.71. The van der Waals surface area contributed by atoms with Crippen molar-refractivity contribution in [1.29, 1.82) is 0 Å². The summed E-state index contributed by atoms with van der Waals surface area (Å²) >= 11 is 3.18. The molecule has 3 heteroatoms. The molecule has 0 amide bonds. The van der Waals surface area contributed by atoms with E-state index in [0.29, 0.717) is 5.56 Å². The van der Waals surface area contributed by atoms with Crippen molar-refractivity contribution in [2.45, 2.75) is 0 Å². The van der Waals surface area contributed by atoms with E-state index in [1.807, 2.05) is 18.2 Å². The molecule has 1 aromatic carbocycles. The van der Waals surface area contributed by atoms with Crippen LogP contribution >= 0.6 is 15.9 Å². The fourth-order valence-electron chi connectivity index (χ4n) is 0.921. The van der Waals surface area contributed by atoms with Crippen molar-refractivity contribution in [1.82, 2.24) is 0 Å². The summed E-state index contributed by atoms with van der Waals surface area (Å²) in [5.41, 5.74) is 1.60. The van der Waals surface area contributed by atoms with Crippen molar-refractivity contribution in [3.8, 4) is 0 Å². The van der Waals surface area contributed by atoms with Crippen LogP contribution in [0.5, 0.6) is 0 Å². The molecule has 0 N–H and O–H groups in total. The lowest BCUT2D eigenvalue weighted by Crippen LogP contribution is -2.00. The highest BCUT2D eigenvalue weighted by molar-refractivity contribution is 9.11. The second-order valence-electron chi connectivity index (χ2n) is 2.41. The van der Waals surface area contributed by atoms with E-state index in [2.05, 4.69) is 20.7 Å². The van der Waals surface area contributed by atoms with Crippen molar-refractivity contribution in [3.63, 3.8) is 0 Å². The van der Waals surface area contributed by atoms with Crippen LogP contribution in [-0.4, -0.2) is 13.1 Å². The molecule has 0 aliphatic heterocycles. The van der Waals surface area contributed by atoms with Gasteiger partial charge in [-0.2, -0.15) is 0 Å². The van der Waals surface area contributed by atoms with Gasteiger partial charge in [-0.05, 0) is 28.8 Å². The zero-order chi connectivity index (χ0) is 9.68. The predicted octanol–water partition coefficient (Wildman–Crippen LogP) is 2.84. The summed E-state index contributed by atoms with van der Waals surface area (Å²) in [6, 6.07) is 7.16. The van der Waals surface area contributed by atoms with E-state index in [4.69, 9.17) is 0 Å². The average Bonchev–Trinajstić information content (AvgIpc) is 2.18. The predicted molar refractivity (Wildman–Crippen MR) is 55.7 cm³/mol. The SMILES string of the molecule is COC(=O)c1ccc(C=CBr)cc1. The molecule has 0 aromatic heterocycles. The van der Waals surface area contributed by atoms with E-state index >= 15 is 0 Å². The van der Waals surface area contributed by atoms with Crippen LogP contribution in [0, 0.1) is 0 Å².